The van der Waals surface area contributed by atoms with Gasteiger partial charge < -0.3 is 14.8 Å². The second kappa shape index (κ2) is 10.9. The molecular formula is C27H27N3O3S. The van der Waals surface area contributed by atoms with Crippen molar-refractivity contribution in [1.29, 1.82) is 0 Å². The number of aromatic nitrogens is 1. The van der Waals surface area contributed by atoms with Crippen LogP contribution in [0.4, 0.5) is 10.7 Å². The molecule has 0 spiro atoms. The Morgan fingerprint density at radius 3 is 2.03 bits per heavy atom. The van der Waals surface area contributed by atoms with Crippen molar-refractivity contribution in [2.75, 3.05) is 18.5 Å². The summed E-state index contributed by atoms with van der Waals surface area (Å²) in [5.41, 5.74) is 3.55. The molecule has 1 N–H and O–H groups in total. The molecule has 0 saturated carbocycles. The van der Waals surface area contributed by atoms with Crippen LogP contribution >= 0.6 is 11.3 Å². The highest BCUT2D eigenvalue weighted by atomic mass is 32.1. The molecule has 0 aliphatic heterocycles. The van der Waals surface area contributed by atoms with E-state index in [-0.39, 0.29) is 5.91 Å². The number of hydrogen-bond donors (Lipinski definition) is 1. The molecule has 7 heteroatoms. The fourth-order valence-electron chi connectivity index (χ4n) is 3.55. The molecule has 0 radical (unpaired) electrons. The zero-order valence-corrected chi connectivity index (χ0v) is 20.3. The second-order valence-corrected chi connectivity index (χ2v) is 8.39. The van der Waals surface area contributed by atoms with Crippen molar-refractivity contribution >= 4 is 27.9 Å². The van der Waals surface area contributed by atoms with Crippen molar-refractivity contribution in [3.05, 3.63) is 83.7 Å². The Bertz CT molecular complexity index is 1310. The summed E-state index contributed by atoms with van der Waals surface area (Å²) < 4.78 is 13.3. The number of carbonyl (C=O) groups is 1. The van der Waals surface area contributed by atoms with Crippen molar-refractivity contribution in [2.45, 2.75) is 20.8 Å². The molecule has 1 amide bonds. The number of amides is 1. The third-order valence-corrected chi connectivity index (χ3v) is 5.89. The standard InChI is InChI=1S/C27H27N3O3S/c1-4-32-23-15-11-21(12-16-23)29-27-30(22-13-17-24(18-14-22)33-5-2)25(20-9-7-6-8-10-20)26(34-27)28-19(3)31/h6-18H,4-5H2,1-3H3,(H,28,31). The van der Waals surface area contributed by atoms with Gasteiger partial charge in [0.15, 0.2) is 4.80 Å². The van der Waals surface area contributed by atoms with Crippen LogP contribution in [-0.4, -0.2) is 23.7 Å². The normalized spacial score (nSPS) is 11.3. The molecule has 1 heterocycles. The Kier molecular flexibility index (Phi) is 7.44. The lowest BCUT2D eigenvalue weighted by atomic mass is 10.1. The van der Waals surface area contributed by atoms with E-state index in [1.807, 2.05) is 92.7 Å². The van der Waals surface area contributed by atoms with E-state index in [4.69, 9.17) is 14.5 Å². The van der Waals surface area contributed by atoms with Crippen LogP contribution in [0.1, 0.15) is 20.8 Å². The molecule has 0 saturated heterocycles. The van der Waals surface area contributed by atoms with Crippen molar-refractivity contribution in [1.82, 2.24) is 4.57 Å². The smallest absolute Gasteiger partial charge is 0.221 e. The minimum absolute atomic E-state index is 0.134. The van der Waals surface area contributed by atoms with Crippen LogP contribution in [0.3, 0.4) is 0 Å². The van der Waals surface area contributed by atoms with Crippen LogP contribution < -0.4 is 19.6 Å². The molecule has 3 aromatic carbocycles. The van der Waals surface area contributed by atoms with E-state index in [0.29, 0.717) is 13.2 Å². The first-order chi connectivity index (χ1) is 16.6. The average molecular weight is 474 g/mol. The van der Waals surface area contributed by atoms with Gasteiger partial charge in [-0.05, 0) is 62.4 Å². The lowest BCUT2D eigenvalue weighted by Gasteiger charge is -2.12. The van der Waals surface area contributed by atoms with E-state index in [9.17, 15) is 4.79 Å². The first-order valence-corrected chi connectivity index (χ1v) is 12.0. The predicted octanol–water partition coefficient (Wildman–Crippen LogP) is 6.19. The first kappa shape index (κ1) is 23.3. The van der Waals surface area contributed by atoms with Crippen LogP contribution in [0.2, 0.25) is 0 Å². The molecule has 0 unspecified atom stereocenters. The van der Waals surface area contributed by atoms with Gasteiger partial charge in [-0.1, -0.05) is 41.7 Å². The van der Waals surface area contributed by atoms with Crippen LogP contribution in [0.25, 0.3) is 16.9 Å². The highest BCUT2D eigenvalue weighted by Crippen LogP contribution is 2.34. The third kappa shape index (κ3) is 5.38. The zero-order chi connectivity index (χ0) is 23.9. The summed E-state index contributed by atoms with van der Waals surface area (Å²) in [5, 5.41) is 3.73. The Hall–Kier alpha value is -3.84. The number of rotatable bonds is 8. The Labute approximate surface area is 203 Å². The molecule has 1 aromatic heterocycles. The fraction of sp³-hybridized carbons (Fsp3) is 0.185. The van der Waals surface area contributed by atoms with Crippen LogP contribution in [0.15, 0.2) is 83.9 Å². The topological polar surface area (TPSA) is 64.8 Å². The number of nitrogens with zero attached hydrogens (tertiary/aromatic N) is 2. The van der Waals surface area contributed by atoms with Crippen molar-refractivity contribution in [2.24, 2.45) is 4.99 Å². The molecule has 4 aromatic rings. The molecular weight excluding hydrogens is 446 g/mol. The highest BCUT2D eigenvalue weighted by Gasteiger charge is 2.18. The van der Waals surface area contributed by atoms with Gasteiger partial charge in [0.05, 0.1) is 24.6 Å². The quantitative estimate of drug-likeness (QED) is 0.332. The van der Waals surface area contributed by atoms with Crippen LogP contribution in [0.5, 0.6) is 11.5 Å². The highest BCUT2D eigenvalue weighted by molar-refractivity contribution is 7.14. The molecule has 174 valence electrons. The average Bonchev–Trinajstić information content (AvgIpc) is 3.18. The number of thiazole rings is 1. The molecule has 0 fully saturated rings. The Morgan fingerprint density at radius 2 is 1.47 bits per heavy atom. The van der Waals surface area contributed by atoms with Gasteiger partial charge >= 0.3 is 0 Å². The summed E-state index contributed by atoms with van der Waals surface area (Å²) in [4.78, 5) is 17.7. The van der Waals surface area contributed by atoms with Gasteiger partial charge in [-0.15, -0.1) is 0 Å². The number of carbonyl (C=O) groups excluding carboxylic acids is 1. The maximum Gasteiger partial charge on any atom is 0.221 e. The van der Waals surface area contributed by atoms with Gasteiger partial charge in [-0.25, -0.2) is 4.99 Å². The van der Waals surface area contributed by atoms with E-state index in [1.165, 1.54) is 18.3 Å². The van der Waals surface area contributed by atoms with Crippen molar-refractivity contribution in [3.63, 3.8) is 0 Å². The summed E-state index contributed by atoms with van der Waals surface area (Å²) in [7, 11) is 0. The molecule has 4 rings (SSSR count). The van der Waals surface area contributed by atoms with E-state index in [1.54, 1.807) is 0 Å². The maximum absolute atomic E-state index is 12.1. The molecule has 6 nitrogen and oxygen atoms in total. The molecule has 0 bridgehead atoms. The zero-order valence-electron chi connectivity index (χ0n) is 19.4. The molecule has 34 heavy (non-hydrogen) atoms. The second-order valence-electron chi connectivity index (χ2n) is 7.41. The van der Waals surface area contributed by atoms with Crippen LogP contribution in [0, 0.1) is 0 Å². The SMILES string of the molecule is CCOc1ccc(N=c2sc(NC(C)=O)c(-c3ccccc3)n2-c2ccc(OCC)cc2)cc1. The van der Waals surface area contributed by atoms with Crippen LogP contribution in [-0.2, 0) is 4.79 Å². The maximum atomic E-state index is 12.1. The lowest BCUT2D eigenvalue weighted by molar-refractivity contribution is -0.114. The van der Waals surface area contributed by atoms with Crippen molar-refractivity contribution < 1.29 is 14.3 Å². The monoisotopic (exact) mass is 473 g/mol. The first-order valence-electron chi connectivity index (χ1n) is 11.2. The number of hydrogen-bond acceptors (Lipinski definition) is 5. The summed E-state index contributed by atoms with van der Waals surface area (Å²) >= 11 is 1.43. The largest absolute Gasteiger partial charge is 0.494 e. The van der Waals surface area contributed by atoms with Gasteiger partial charge in [0.1, 0.15) is 16.5 Å². The fourth-order valence-corrected chi connectivity index (χ4v) is 4.67. The minimum atomic E-state index is -0.134. The van der Waals surface area contributed by atoms with Gasteiger partial charge in [0.25, 0.3) is 0 Å². The minimum Gasteiger partial charge on any atom is -0.494 e. The Balaban J connectivity index is 1.94. The summed E-state index contributed by atoms with van der Waals surface area (Å²) in [6.45, 7) is 6.64. The summed E-state index contributed by atoms with van der Waals surface area (Å²) in [6.07, 6.45) is 0. The molecule has 0 atom stereocenters. The number of benzene rings is 3. The summed E-state index contributed by atoms with van der Waals surface area (Å²) in [5.74, 6) is 1.47. The lowest BCUT2D eigenvalue weighted by Crippen LogP contribution is -2.14. The van der Waals surface area contributed by atoms with Gasteiger partial charge in [0, 0.05) is 18.2 Å². The molecule has 0 aliphatic carbocycles. The predicted molar refractivity (Wildman–Crippen MR) is 137 cm³/mol. The molecule has 0 aliphatic rings. The van der Waals surface area contributed by atoms with Gasteiger partial charge in [0.2, 0.25) is 5.91 Å². The van der Waals surface area contributed by atoms with Gasteiger partial charge in [-0.2, -0.15) is 0 Å². The van der Waals surface area contributed by atoms with Crippen molar-refractivity contribution in [3.8, 4) is 28.4 Å². The number of nitrogens with one attached hydrogen (secondary N) is 1. The van der Waals surface area contributed by atoms with E-state index >= 15 is 0 Å². The number of anilines is 1. The summed E-state index contributed by atoms with van der Waals surface area (Å²) in [6, 6.07) is 25.5. The van der Waals surface area contributed by atoms with E-state index < -0.39 is 0 Å². The van der Waals surface area contributed by atoms with E-state index in [2.05, 4.69) is 9.88 Å². The van der Waals surface area contributed by atoms with E-state index in [0.717, 1.165) is 43.9 Å². The van der Waals surface area contributed by atoms with Gasteiger partial charge in [-0.3, -0.25) is 9.36 Å². The number of ether oxygens (including phenoxy) is 2. The Morgan fingerprint density at radius 1 is 0.882 bits per heavy atom. The third-order valence-electron chi connectivity index (χ3n) is 4.94.